The van der Waals surface area contributed by atoms with Crippen LogP contribution in [0, 0.1) is 0 Å². The predicted octanol–water partition coefficient (Wildman–Crippen LogP) is 0.513. The van der Waals surface area contributed by atoms with Gasteiger partial charge in [-0.15, -0.1) is 0 Å². The van der Waals surface area contributed by atoms with Crippen LogP contribution in [0.25, 0.3) is 0 Å². The Hall–Kier alpha value is -0.460. The van der Waals surface area contributed by atoms with E-state index < -0.39 is 16.3 Å². The number of nitrogens with one attached hydrogen (secondary N) is 1. The molecule has 2 aliphatic rings. The van der Waals surface area contributed by atoms with Crippen molar-refractivity contribution in [1.29, 1.82) is 0 Å². The lowest BCUT2D eigenvalue weighted by Crippen LogP contribution is -2.55. The van der Waals surface area contributed by atoms with Crippen molar-refractivity contribution in [3.05, 3.63) is 0 Å². The van der Waals surface area contributed by atoms with Gasteiger partial charge in [-0.2, -0.15) is 0 Å². The third-order valence-electron chi connectivity index (χ3n) is 4.36. The Morgan fingerprint density at radius 1 is 1.40 bits per heavy atom. The minimum atomic E-state index is -0.649. The number of hydrogen-bond acceptors (Lipinski definition) is 5. The van der Waals surface area contributed by atoms with Gasteiger partial charge in [0, 0.05) is 47.5 Å². The van der Waals surface area contributed by atoms with Crippen LogP contribution in [-0.2, 0) is 20.3 Å². The highest BCUT2D eigenvalue weighted by molar-refractivity contribution is 7.85. The quantitative estimate of drug-likeness (QED) is 0.767. The third kappa shape index (κ3) is 3.40. The number of carbonyl (C=O) groups excluding carboxylic acids is 1. The molecule has 0 radical (unpaired) electrons. The van der Waals surface area contributed by atoms with E-state index in [9.17, 15) is 9.00 Å². The minimum absolute atomic E-state index is 0.144. The van der Waals surface area contributed by atoms with Crippen LogP contribution in [0.5, 0.6) is 0 Å². The predicted molar refractivity (Wildman–Crippen MR) is 80.1 cm³/mol. The van der Waals surface area contributed by atoms with Gasteiger partial charge in [-0.25, -0.2) is 0 Å². The summed E-state index contributed by atoms with van der Waals surface area (Å²) in [5.74, 6) is 1.38. The molecule has 20 heavy (non-hydrogen) atoms. The van der Waals surface area contributed by atoms with Crippen molar-refractivity contribution >= 4 is 16.8 Å². The molecule has 1 aliphatic carbocycles. The molecule has 2 unspecified atom stereocenters. The number of carbonyl (C=O) groups is 1. The first kappa shape index (κ1) is 15.9. The van der Waals surface area contributed by atoms with Crippen LogP contribution in [0.3, 0.4) is 0 Å². The summed E-state index contributed by atoms with van der Waals surface area (Å²) in [5.41, 5.74) is -0.538. The fourth-order valence-electron chi connectivity index (χ4n) is 3.47. The van der Waals surface area contributed by atoms with Crippen molar-refractivity contribution in [3.63, 3.8) is 0 Å². The van der Waals surface area contributed by atoms with Crippen molar-refractivity contribution in [2.24, 2.45) is 0 Å². The average molecular weight is 302 g/mol. The maximum Gasteiger partial charge on any atom is 0.326 e. The Bertz CT molecular complexity index is 379. The molecule has 1 N–H and O–H groups in total. The monoisotopic (exact) mass is 302 g/mol. The molecule has 0 aromatic heterocycles. The van der Waals surface area contributed by atoms with Crippen LogP contribution in [0.1, 0.15) is 33.1 Å². The van der Waals surface area contributed by atoms with Crippen molar-refractivity contribution in [3.8, 4) is 0 Å². The summed E-state index contributed by atoms with van der Waals surface area (Å²) in [4.78, 5) is 14.6. The molecule has 0 aromatic carbocycles. The maximum absolute atomic E-state index is 12.2. The first-order valence-electron chi connectivity index (χ1n) is 7.42. The second-order valence-corrected chi connectivity index (χ2v) is 7.85. The highest BCUT2D eigenvalue weighted by atomic mass is 32.2. The first-order valence-corrected chi connectivity index (χ1v) is 8.91. The van der Waals surface area contributed by atoms with Gasteiger partial charge in [-0.3, -0.25) is 19.2 Å². The van der Waals surface area contributed by atoms with E-state index in [1.165, 1.54) is 7.11 Å². The molecule has 116 valence electrons. The molecule has 1 heterocycles. The molecule has 1 saturated carbocycles. The van der Waals surface area contributed by atoms with E-state index in [2.05, 4.69) is 24.1 Å². The topological polar surface area (TPSA) is 58.6 Å². The lowest BCUT2D eigenvalue weighted by atomic mass is 9.96. The number of methoxy groups -OCH3 is 1. The van der Waals surface area contributed by atoms with Crippen LogP contribution in [0.4, 0.5) is 0 Å². The van der Waals surface area contributed by atoms with Crippen LogP contribution in [-0.4, -0.2) is 64.4 Å². The lowest BCUT2D eigenvalue weighted by Gasteiger charge is -2.34. The van der Waals surface area contributed by atoms with E-state index in [4.69, 9.17) is 4.74 Å². The minimum Gasteiger partial charge on any atom is -0.468 e. The number of esters is 1. The van der Waals surface area contributed by atoms with Crippen molar-refractivity contribution in [2.45, 2.75) is 50.7 Å². The molecule has 1 aliphatic heterocycles. The van der Waals surface area contributed by atoms with Crippen molar-refractivity contribution in [1.82, 2.24) is 10.2 Å². The molecular formula is C14H26N2O3S. The summed E-state index contributed by atoms with van der Waals surface area (Å²) in [5, 5.41) is 3.42. The number of hydrogen-bond donors (Lipinski definition) is 1. The van der Waals surface area contributed by atoms with Crippen LogP contribution >= 0.6 is 0 Å². The maximum atomic E-state index is 12.2. The van der Waals surface area contributed by atoms with E-state index in [-0.39, 0.29) is 12.0 Å². The normalized spacial score (nSPS) is 32.7. The molecule has 0 bridgehead atoms. The highest BCUT2D eigenvalue weighted by Gasteiger charge is 2.48. The summed E-state index contributed by atoms with van der Waals surface area (Å²) in [6.07, 6.45) is 2.62. The Morgan fingerprint density at radius 3 is 2.60 bits per heavy atom. The van der Waals surface area contributed by atoms with Gasteiger partial charge in [-0.05, 0) is 33.1 Å². The largest absolute Gasteiger partial charge is 0.468 e. The fourth-order valence-corrected chi connectivity index (χ4v) is 4.55. The molecule has 0 spiro atoms. The molecule has 6 heteroatoms. The lowest BCUT2D eigenvalue weighted by molar-refractivity contribution is -0.149. The van der Waals surface area contributed by atoms with Gasteiger partial charge in [0.05, 0.1) is 7.11 Å². The zero-order valence-corrected chi connectivity index (χ0v) is 13.5. The van der Waals surface area contributed by atoms with Gasteiger partial charge in [0.25, 0.3) is 0 Å². The van der Waals surface area contributed by atoms with Gasteiger partial charge < -0.3 is 4.74 Å². The molecule has 0 amide bonds. The first-order chi connectivity index (χ1) is 9.47. The molecule has 2 rings (SSSR count). The smallest absolute Gasteiger partial charge is 0.326 e. The van der Waals surface area contributed by atoms with E-state index in [0.717, 1.165) is 43.9 Å². The zero-order valence-electron chi connectivity index (χ0n) is 12.7. The molecule has 5 nitrogen and oxygen atoms in total. The third-order valence-corrected chi connectivity index (χ3v) is 5.63. The second kappa shape index (κ2) is 6.54. The SMILES string of the molecule is COC(=O)C1(NC(C)C)CCC(N2CCS(=O)CC2)C1. The summed E-state index contributed by atoms with van der Waals surface area (Å²) < 4.78 is 16.5. The average Bonchev–Trinajstić information content (AvgIpc) is 2.83. The van der Waals surface area contributed by atoms with Crippen LogP contribution in [0.15, 0.2) is 0 Å². The van der Waals surface area contributed by atoms with Crippen molar-refractivity contribution in [2.75, 3.05) is 31.7 Å². The summed E-state index contributed by atoms with van der Waals surface area (Å²) in [7, 11) is 0.813. The summed E-state index contributed by atoms with van der Waals surface area (Å²) in [6.45, 7) is 5.89. The molecule has 0 aromatic rings. The molecule has 2 fully saturated rings. The Labute approximate surface area is 123 Å². The fraction of sp³-hybridized carbons (Fsp3) is 0.929. The summed E-state index contributed by atoms with van der Waals surface area (Å²) >= 11 is 0. The summed E-state index contributed by atoms with van der Waals surface area (Å²) in [6, 6.07) is 0.652. The van der Waals surface area contributed by atoms with E-state index in [1.807, 2.05) is 0 Å². The molecule has 1 saturated heterocycles. The Balaban J connectivity index is 2.03. The van der Waals surface area contributed by atoms with Crippen molar-refractivity contribution < 1.29 is 13.7 Å². The zero-order chi connectivity index (χ0) is 14.8. The van der Waals surface area contributed by atoms with Gasteiger partial charge in [0.1, 0.15) is 5.54 Å². The molecule has 2 atom stereocenters. The number of ether oxygens (including phenoxy) is 1. The number of nitrogens with zero attached hydrogens (tertiary/aromatic N) is 1. The van der Waals surface area contributed by atoms with Gasteiger partial charge in [0.2, 0.25) is 0 Å². The van der Waals surface area contributed by atoms with E-state index in [0.29, 0.717) is 6.04 Å². The van der Waals surface area contributed by atoms with Crippen LogP contribution < -0.4 is 5.32 Å². The Morgan fingerprint density at radius 2 is 2.05 bits per heavy atom. The second-order valence-electron chi connectivity index (χ2n) is 6.15. The standard InChI is InChI=1S/C14H26N2O3S/c1-11(2)15-14(13(17)19-3)5-4-12(10-14)16-6-8-20(18)9-7-16/h11-12,15H,4-10H2,1-3H3. The molecular weight excluding hydrogens is 276 g/mol. The van der Waals surface area contributed by atoms with E-state index >= 15 is 0 Å². The number of rotatable bonds is 4. The van der Waals surface area contributed by atoms with E-state index in [1.54, 1.807) is 0 Å². The van der Waals surface area contributed by atoms with Crippen LogP contribution in [0.2, 0.25) is 0 Å². The van der Waals surface area contributed by atoms with Gasteiger partial charge in [-0.1, -0.05) is 0 Å². The van der Waals surface area contributed by atoms with Gasteiger partial charge >= 0.3 is 5.97 Å². The Kier molecular flexibility index (Phi) is 5.20. The highest BCUT2D eigenvalue weighted by Crippen LogP contribution is 2.35. The van der Waals surface area contributed by atoms with Gasteiger partial charge in [0.15, 0.2) is 0 Å².